The number of aromatic nitrogens is 2. The van der Waals surface area contributed by atoms with E-state index in [0.29, 0.717) is 6.04 Å². The summed E-state index contributed by atoms with van der Waals surface area (Å²) in [5.74, 6) is 0. The van der Waals surface area contributed by atoms with Gasteiger partial charge in [0.25, 0.3) is 0 Å². The minimum atomic E-state index is 0.277. The van der Waals surface area contributed by atoms with Crippen molar-refractivity contribution >= 4 is 0 Å². The maximum atomic E-state index is 4.46. The lowest BCUT2D eigenvalue weighted by atomic mass is 9.87. The number of para-hydroxylation sites is 1. The van der Waals surface area contributed by atoms with Crippen molar-refractivity contribution in [3.63, 3.8) is 0 Å². The van der Waals surface area contributed by atoms with E-state index in [1.54, 1.807) is 0 Å². The highest BCUT2D eigenvalue weighted by atomic mass is 15.3. The van der Waals surface area contributed by atoms with Gasteiger partial charge in [0.15, 0.2) is 0 Å². The summed E-state index contributed by atoms with van der Waals surface area (Å²) in [5, 5.41) is 7.87. The third kappa shape index (κ3) is 3.44. The lowest BCUT2D eigenvalue weighted by Crippen LogP contribution is -2.24. The van der Waals surface area contributed by atoms with Crippen LogP contribution in [0.15, 0.2) is 42.6 Å². The van der Waals surface area contributed by atoms with Gasteiger partial charge in [-0.05, 0) is 37.1 Å². The van der Waals surface area contributed by atoms with E-state index in [1.165, 1.54) is 5.69 Å². The summed E-state index contributed by atoms with van der Waals surface area (Å²) in [7, 11) is 2.01. The van der Waals surface area contributed by atoms with Crippen LogP contribution in [-0.4, -0.2) is 16.8 Å². The standard InChI is InChI=1S/C16H23N3/c1-16(2,3)12-14(17-4)15-10-11-18-19(15)13-8-6-5-7-9-13/h5-11,14,17H,12H2,1-4H3. The Kier molecular flexibility index (Phi) is 4.05. The Balaban J connectivity index is 2.33. The molecule has 19 heavy (non-hydrogen) atoms. The fraction of sp³-hybridized carbons (Fsp3) is 0.438. The number of hydrogen-bond acceptors (Lipinski definition) is 2. The zero-order valence-corrected chi connectivity index (χ0v) is 12.2. The average molecular weight is 257 g/mol. The van der Waals surface area contributed by atoms with E-state index in [2.05, 4.69) is 49.4 Å². The normalized spacial score (nSPS) is 13.5. The molecule has 0 aliphatic carbocycles. The summed E-state index contributed by atoms with van der Waals surface area (Å²) in [6.07, 6.45) is 2.94. The topological polar surface area (TPSA) is 29.9 Å². The minimum Gasteiger partial charge on any atom is -0.312 e. The third-order valence-electron chi connectivity index (χ3n) is 3.19. The zero-order chi connectivity index (χ0) is 13.9. The second kappa shape index (κ2) is 5.57. The Morgan fingerprint density at radius 2 is 1.84 bits per heavy atom. The van der Waals surface area contributed by atoms with Gasteiger partial charge in [0.05, 0.1) is 11.4 Å². The van der Waals surface area contributed by atoms with Gasteiger partial charge < -0.3 is 5.32 Å². The van der Waals surface area contributed by atoms with Crippen LogP contribution in [0, 0.1) is 5.41 Å². The molecule has 0 spiro atoms. The lowest BCUT2D eigenvalue weighted by Gasteiger charge is -2.26. The van der Waals surface area contributed by atoms with E-state index < -0.39 is 0 Å². The quantitative estimate of drug-likeness (QED) is 0.907. The Morgan fingerprint density at radius 1 is 1.16 bits per heavy atom. The van der Waals surface area contributed by atoms with Crippen LogP contribution in [0.3, 0.4) is 0 Å². The van der Waals surface area contributed by atoms with Gasteiger partial charge in [0, 0.05) is 12.2 Å². The number of hydrogen-bond donors (Lipinski definition) is 1. The molecule has 0 aliphatic rings. The number of nitrogens with one attached hydrogen (secondary N) is 1. The van der Waals surface area contributed by atoms with Crippen molar-refractivity contribution in [1.29, 1.82) is 0 Å². The van der Waals surface area contributed by atoms with Crippen LogP contribution in [0.2, 0.25) is 0 Å². The van der Waals surface area contributed by atoms with Gasteiger partial charge in [-0.1, -0.05) is 39.0 Å². The van der Waals surface area contributed by atoms with E-state index in [4.69, 9.17) is 0 Å². The van der Waals surface area contributed by atoms with Gasteiger partial charge in [-0.25, -0.2) is 4.68 Å². The molecule has 0 bridgehead atoms. The number of benzene rings is 1. The molecule has 1 N–H and O–H groups in total. The first-order valence-electron chi connectivity index (χ1n) is 6.78. The molecule has 1 aromatic heterocycles. The molecule has 3 heteroatoms. The Labute approximate surface area is 115 Å². The molecule has 2 rings (SSSR count). The van der Waals surface area contributed by atoms with Crippen molar-refractivity contribution in [2.45, 2.75) is 33.2 Å². The molecule has 102 valence electrons. The minimum absolute atomic E-state index is 0.277. The number of rotatable bonds is 4. The highest BCUT2D eigenvalue weighted by Gasteiger charge is 2.22. The predicted octanol–water partition coefficient (Wildman–Crippen LogP) is 3.57. The SMILES string of the molecule is CNC(CC(C)(C)C)c1ccnn1-c1ccccc1. The highest BCUT2D eigenvalue weighted by Crippen LogP contribution is 2.29. The van der Waals surface area contributed by atoms with Gasteiger partial charge >= 0.3 is 0 Å². The summed E-state index contributed by atoms with van der Waals surface area (Å²) in [5.41, 5.74) is 2.60. The van der Waals surface area contributed by atoms with E-state index in [1.807, 2.05) is 36.1 Å². The summed E-state index contributed by atoms with van der Waals surface area (Å²) in [6.45, 7) is 6.79. The second-order valence-electron chi connectivity index (χ2n) is 6.11. The van der Waals surface area contributed by atoms with Gasteiger partial charge in [-0.15, -0.1) is 0 Å². The Hall–Kier alpha value is -1.61. The van der Waals surface area contributed by atoms with Crippen molar-refractivity contribution in [2.75, 3.05) is 7.05 Å². The summed E-state index contributed by atoms with van der Waals surface area (Å²) < 4.78 is 2.02. The van der Waals surface area contributed by atoms with Crippen molar-refractivity contribution in [2.24, 2.45) is 5.41 Å². The third-order valence-corrected chi connectivity index (χ3v) is 3.19. The highest BCUT2D eigenvalue weighted by molar-refractivity contribution is 5.33. The molecule has 0 saturated carbocycles. The van der Waals surface area contributed by atoms with E-state index in [9.17, 15) is 0 Å². The molecule has 1 atom stereocenters. The van der Waals surface area contributed by atoms with E-state index in [0.717, 1.165) is 12.1 Å². The van der Waals surface area contributed by atoms with Crippen LogP contribution in [0.25, 0.3) is 5.69 Å². The monoisotopic (exact) mass is 257 g/mol. The second-order valence-corrected chi connectivity index (χ2v) is 6.11. The molecule has 1 heterocycles. The van der Waals surface area contributed by atoms with Crippen LogP contribution < -0.4 is 5.32 Å². The van der Waals surface area contributed by atoms with Crippen molar-refractivity contribution < 1.29 is 0 Å². The largest absolute Gasteiger partial charge is 0.312 e. The lowest BCUT2D eigenvalue weighted by molar-refractivity contribution is 0.315. The molecule has 3 nitrogen and oxygen atoms in total. The van der Waals surface area contributed by atoms with Crippen LogP contribution >= 0.6 is 0 Å². The first-order valence-corrected chi connectivity index (χ1v) is 6.78. The van der Waals surface area contributed by atoms with Gasteiger partial charge in [-0.3, -0.25) is 0 Å². The molecular weight excluding hydrogens is 234 g/mol. The fourth-order valence-corrected chi connectivity index (χ4v) is 2.33. The zero-order valence-electron chi connectivity index (χ0n) is 12.2. The molecular formula is C16H23N3. The van der Waals surface area contributed by atoms with Crippen molar-refractivity contribution in [3.05, 3.63) is 48.3 Å². The molecule has 1 unspecified atom stereocenters. The maximum Gasteiger partial charge on any atom is 0.0649 e. The first-order chi connectivity index (χ1) is 9.01. The molecule has 0 radical (unpaired) electrons. The van der Waals surface area contributed by atoms with Crippen LogP contribution in [0.5, 0.6) is 0 Å². The van der Waals surface area contributed by atoms with E-state index >= 15 is 0 Å². The van der Waals surface area contributed by atoms with Crippen molar-refractivity contribution in [3.8, 4) is 5.69 Å². The van der Waals surface area contributed by atoms with Gasteiger partial charge in [0.1, 0.15) is 0 Å². The van der Waals surface area contributed by atoms with Crippen LogP contribution in [-0.2, 0) is 0 Å². The van der Waals surface area contributed by atoms with Gasteiger partial charge in [-0.2, -0.15) is 5.10 Å². The Morgan fingerprint density at radius 3 is 2.42 bits per heavy atom. The molecule has 0 fully saturated rings. The van der Waals surface area contributed by atoms with Gasteiger partial charge in [0.2, 0.25) is 0 Å². The summed E-state index contributed by atoms with van der Waals surface area (Å²) in [4.78, 5) is 0. The Bertz CT molecular complexity index is 508. The first kappa shape index (κ1) is 13.8. The van der Waals surface area contributed by atoms with Crippen LogP contribution in [0.1, 0.15) is 38.9 Å². The fourth-order valence-electron chi connectivity index (χ4n) is 2.33. The smallest absolute Gasteiger partial charge is 0.0649 e. The summed E-state index contributed by atoms with van der Waals surface area (Å²) in [6, 6.07) is 12.7. The molecule has 0 saturated heterocycles. The molecule has 2 aromatic rings. The number of nitrogens with zero attached hydrogens (tertiary/aromatic N) is 2. The molecule has 1 aromatic carbocycles. The maximum absolute atomic E-state index is 4.46. The van der Waals surface area contributed by atoms with Crippen LogP contribution in [0.4, 0.5) is 0 Å². The van der Waals surface area contributed by atoms with E-state index in [-0.39, 0.29) is 5.41 Å². The average Bonchev–Trinajstić information content (AvgIpc) is 2.85. The predicted molar refractivity (Wildman–Crippen MR) is 79.4 cm³/mol. The molecule has 0 aliphatic heterocycles. The molecule has 0 amide bonds. The summed E-state index contributed by atoms with van der Waals surface area (Å²) >= 11 is 0. The van der Waals surface area contributed by atoms with Crippen molar-refractivity contribution in [1.82, 2.24) is 15.1 Å².